The van der Waals surface area contributed by atoms with Gasteiger partial charge in [0, 0.05) is 31.6 Å². The third kappa shape index (κ3) is 5.48. The largest absolute Gasteiger partial charge is 0.441 e. The lowest BCUT2D eigenvalue weighted by atomic mass is 10.2. The molecule has 0 unspecified atom stereocenters. The summed E-state index contributed by atoms with van der Waals surface area (Å²) in [6, 6.07) is 10.5. The number of carbonyl (C=O) groups excluding carboxylic acids is 1. The molecule has 0 aliphatic heterocycles. The van der Waals surface area contributed by atoms with Gasteiger partial charge < -0.3 is 9.73 Å². The number of nitrogens with zero attached hydrogens (tertiary/aromatic N) is 3. The maximum Gasteiger partial charge on any atom is 0.435 e. The lowest BCUT2D eigenvalue weighted by molar-refractivity contribution is -0.141. The molecule has 1 amide bonds. The fourth-order valence-corrected chi connectivity index (χ4v) is 3.13. The van der Waals surface area contributed by atoms with Crippen molar-refractivity contribution in [2.45, 2.75) is 25.6 Å². The van der Waals surface area contributed by atoms with E-state index in [1.54, 1.807) is 24.3 Å². The molecule has 11 heteroatoms. The zero-order chi connectivity index (χ0) is 24.3. The normalized spacial score (nSPS) is 11.6. The third-order valence-corrected chi connectivity index (χ3v) is 4.89. The molecule has 0 radical (unpaired) electrons. The molecule has 0 saturated carbocycles. The van der Waals surface area contributed by atoms with E-state index in [1.165, 1.54) is 18.5 Å². The van der Waals surface area contributed by atoms with E-state index in [4.69, 9.17) is 4.42 Å². The number of aromatic nitrogens is 3. The van der Waals surface area contributed by atoms with Gasteiger partial charge in [-0.05, 0) is 35.9 Å². The summed E-state index contributed by atoms with van der Waals surface area (Å²) >= 11 is 0. The van der Waals surface area contributed by atoms with Crippen LogP contribution in [0, 0.1) is 11.6 Å². The zero-order valence-electron chi connectivity index (χ0n) is 17.4. The average molecular weight is 476 g/mol. The van der Waals surface area contributed by atoms with Crippen LogP contribution in [0.4, 0.5) is 22.0 Å². The first-order valence-corrected chi connectivity index (χ1v) is 10.1. The van der Waals surface area contributed by atoms with Gasteiger partial charge in [-0.2, -0.15) is 18.3 Å². The average Bonchev–Trinajstić information content (AvgIpc) is 3.47. The summed E-state index contributed by atoms with van der Waals surface area (Å²) < 4.78 is 71.5. The van der Waals surface area contributed by atoms with Crippen LogP contribution in [-0.4, -0.2) is 20.7 Å². The summed E-state index contributed by atoms with van der Waals surface area (Å²) in [5.74, 6) is -1.40. The van der Waals surface area contributed by atoms with E-state index in [2.05, 4.69) is 15.4 Å². The molecule has 1 N–H and O–H groups in total. The minimum atomic E-state index is -4.51. The molecular weight excluding hydrogens is 459 g/mol. The fourth-order valence-electron chi connectivity index (χ4n) is 3.13. The second-order valence-corrected chi connectivity index (χ2v) is 7.33. The number of aryl methyl sites for hydroxylation is 1. The van der Waals surface area contributed by atoms with Gasteiger partial charge >= 0.3 is 6.18 Å². The van der Waals surface area contributed by atoms with Gasteiger partial charge in [0.1, 0.15) is 11.6 Å². The summed E-state index contributed by atoms with van der Waals surface area (Å²) in [7, 11) is 0. The number of rotatable bonds is 7. The van der Waals surface area contributed by atoms with E-state index in [0.29, 0.717) is 5.69 Å². The summed E-state index contributed by atoms with van der Waals surface area (Å²) in [4.78, 5) is 16.2. The number of nitrogens with one attached hydrogen (secondary N) is 1. The Morgan fingerprint density at radius 1 is 1.06 bits per heavy atom. The van der Waals surface area contributed by atoms with Crippen LogP contribution in [-0.2, 0) is 23.9 Å². The molecule has 34 heavy (non-hydrogen) atoms. The van der Waals surface area contributed by atoms with Gasteiger partial charge in [-0.3, -0.25) is 4.79 Å². The second-order valence-electron chi connectivity index (χ2n) is 7.33. The minimum Gasteiger partial charge on any atom is -0.441 e. The van der Waals surface area contributed by atoms with Crippen molar-refractivity contribution in [2.75, 3.05) is 0 Å². The highest BCUT2D eigenvalue weighted by molar-refractivity contribution is 5.76. The van der Waals surface area contributed by atoms with Gasteiger partial charge in [-0.1, -0.05) is 12.1 Å². The number of benzene rings is 2. The molecule has 0 bridgehead atoms. The molecule has 2 heterocycles. The van der Waals surface area contributed by atoms with Gasteiger partial charge in [0.2, 0.25) is 5.91 Å². The Hall–Kier alpha value is -4.02. The van der Waals surface area contributed by atoms with Crippen LogP contribution >= 0.6 is 0 Å². The molecular formula is C23H17F5N4O2. The molecule has 6 nitrogen and oxygen atoms in total. The van der Waals surface area contributed by atoms with E-state index in [9.17, 15) is 26.7 Å². The van der Waals surface area contributed by atoms with Crippen LogP contribution in [0.15, 0.2) is 65.3 Å². The quantitative estimate of drug-likeness (QED) is 0.378. The molecule has 0 saturated heterocycles. The molecule has 0 fully saturated rings. The molecule has 2 aromatic carbocycles. The zero-order valence-corrected chi connectivity index (χ0v) is 17.4. The highest BCUT2D eigenvalue weighted by atomic mass is 19.4. The molecule has 0 aliphatic carbocycles. The van der Waals surface area contributed by atoms with Crippen molar-refractivity contribution in [3.8, 4) is 17.0 Å². The Bertz CT molecular complexity index is 1300. The SMILES string of the molecule is O=C(CCc1ncc(-c2ccc(F)cc2F)o1)NCc1ccc(-n2ccc(C(F)(F)F)n2)cc1. The van der Waals surface area contributed by atoms with E-state index in [0.717, 1.165) is 28.4 Å². The Morgan fingerprint density at radius 3 is 2.50 bits per heavy atom. The van der Waals surface area contributed by atoms with Gasteiger partial charge in [0.25, 0.3) is 0 Å². The Balaban J connectivity index is 1.27. The number of hydrogen-bond acceptors (Lipinski definition) is 4. The first kappa shape index (κ1) is 23.1. The summed E-state index contributed by atoms with van der Waals surface area (Å²) in [5, 5.41) is 6.23. The summed E-state index contributed by atoms with van der Waals surface area (Å²) in [6.45, 7) is 0.212. The third-order valence-electron chi connectivity index (χ3n) is 4.89. The fraction of sp³-hybridized carbons (Fsp3) is 0.174. The van der Waals surface area contributed by atoms with E-state index in [1.807, 2.05) is 0 Å². The number of halogens is 5. The predicted octanol–water partition coefficient (Wildman–Crippen LogP) is 5.07. The topological polar surface area (TPSA) is 73.0 Å². The molecule has 2 aromatic heterocycles. The van der Waals surface area contributed by atoms with Crippen LogP contribution in [0.25, 0.3) is 17.0 Å². The van der Waals surface area contributed by atoms with Crippen LogP contribution in [0.3, 0.4) is 0 Å². The Morgan fingerprint density at radius 2 is 1.82 bits per heavy atom. The second kappa shape index (κ2) is 9.46. The first-order valence-electron chi connectivity index (χ1n) is 10.1. The van der Waals surface area contributed by atoms with Crippen molar-refractivity contribution in [2.24, 2.45) is 0 Å². The maximum atomic E-state index is 13.8. The molecule has 0 atom stereocenters. The summed E-state index contributed by atoms with van der Waals surface area (Å²) in [6.07, 6.45) is -1.74. The van der Waals surface area contributed by atoms with Crippen LogP contribution < -0.4 is 5.32 Å². The standard InChI is InChI=1S/C23H17F5N4O2/c24-15-3-6-17(18(25)11-15)19-13-30-22(34-19)8-7-21(33)29-12-14-1-4-16(5-2-14)32-10-9-20(31-32)23(26,27)28/h1-6,9-11,13H,7-8,12H2,(H,29,33). The molecule has 4 rings (SSSR count). The number of alkyl halides is 3. The first-order chi connectivity index (χ1) is 16.2. The number of hydrogen-bond donors (Lipinski definition) is 1. The van der Waals surface area contributed by atoms with Gasteiger partial charge in [0.05, 0.1) is 17.4 Å². The van der Waals surface area contributed by atoms with Crippen molar-refractivity contribution >= 4 is 5.91 Å². The van der Waals surface area contributed by atoms with Crippen molar-refractivity contribution in [1.29, 1.82) is 0 Å². The van der Waals surface area contributed by atoms with Crippen molar-refractivity contribution < 1.29 is 31.2 Å². The van der Waals surface area contributed by atoms with Gasteiger partial charge in [-0.25, -0.2) is 18.4 Å². The lowest BCUT2D eigenvalue weighted by Gasteiger charge is -2.07. The van der Waals surface area contributed by atoms with Crippen LogP contribution in [0.5, 0.6) is 0 Å². The maximum absolute atomic E-state index is 13.8. The lowest BCUT2D eigenvalue weighted by Crippen LogP contribution is -2.23. The highest BCUT2D eigenvalue weighted by Gasteiger charge is 2.33. The van der Waals surface area contributed by atoms with Gasteiger partial charge in [0.15, 0.2) is 17.3 Å². The molecule has 4 aromatic rings. The number of carbonyl (C=O) groups is 1. The van der Waals surface area contributed by atoms with Crippen LogP contribution in [0.2, 0.25) is 0 Å². The van der Waals surface area contributed by atoms with E-state index in [-0.39, 0.29) is 42.5 Å². The van der Waals surface area contributed by atoms with E-state index < -0.39 is 23.5 Å². The van der Waals surface area contributed by atoms with Crippen LogP contribution in [0.1, 0.15) is 23.6 Å². The minimum absolute atomic E-state index is 0.0669. The number of oxazole rings is 1. The monoisotopic (exact) mass is 476 g/mol. The highest BCUT2D eigenvalue weighted by Crippen LogP contribution is 2.28. The van der Waals surface area contributed by atoms with E-state index >= 15 is 0 Å². The van der Waals surface area contributed by atoms with Crippen molar-refractivity contribution in [3.63, 3.8) is 0 Å². The van der Waals surface area contributed by atoms with Crippen molar-refractivity contribution in [1.82, 2.24) is 20.1 Å². The predicted molar refractivity (Wildman–Crippen MR) is 111 cm³/mol. The molecule has 0 spiro atoms. The van der Waals surface area contributed by atoms with Gasteiger partial charge in [-0.15, -0.1) is 0 Å². The van der Waals surface area contributed by atoms with Crippen molar-refractivity contribution in [3.05, 3.63) is 89.7 Å². The number of amides is 1. The smallest absolute Gasteiger partial charge is 0.435 e. The Kier molecular flexibility index (Phi) is 6.44. The summed E-state index contributed by atoms with van der Waals surface area (Å²) in [5.41, 5.74) is 0.274. The molecule has 176 valence electrons. The Labute approximate surface area is 190 Å². The molecule has 0 aliphatic rings.